The lowest BCUT2D eigenvalue weighted by atomic mass is 10.2. The zero-order valence-electron chi connectivity index (χ0n) is 10.1. The van der Waals surface area contributed by atoms with E-state index in [4.69, 9.17) is 0 Å². The molecule has 0 aromatic carbocycles. The van der Waals surface area contributed by atoms with Crippen molar-refractivity contribution < 1.29 is 13.2 Å². The summed E-state index contributed by atoms with van der Waals surface area (Å²) < 4.78 is 22.5. The van der Waals surface area contributed by atoms with Crippen LogP contribution in [0.5, 0.6) is 0 Å². The molecule has 0 bridgehead atoms. The second-order valence-corrected chi connectivity index (χ2v) is 6.39. The number of rotatable bonds is 4. The molecule has 1 heterocycles. The highest BCUT2D eigenvalue weighted by molar-refractivity contribution is 7.92. The monoisotopic (exact) mass is 256 g/mol. The largest absolute Gasteiger partial charge is 0.340 e. The highest BCUT2D eigenvalue weighted by Gasteiger charge is 2.26. The average Bonchev–Trinajstić information content (AvgIpc) is 2.27. The number of hydrogen-bond donors (Lipinski definition) is 0. The zero-order chi connectivity index (χ0) is 13.1. The molecule has 1 aromatic rings. The van der Waals surface area contributed by atoms with Gasteiger partial charge in [-0.15, -0.1) is 0 Å². The Hall–Kier alpha value is -1.43. The number of carbonyl (C=O) groups excluding carboxylic acids is 1. The van der Waals surface area contributed by atoms with Gasteiger partial charge in [-0.2, -0.15) is 0 Å². The topological polar surface area (TPSA) is 67.3 Å². The molecule has 1 aromatic heterocycles. The normalized spacial score (nSPS) is 13.1. The van der Waals surface area contributed by atoms with Crippen LogP contribution in [-0.2, 0) is 21.2 Å². The molecule has 1 amide bonds. The molecular formula is C11H16N2O3S. The van der Waals surface area contributed by atoms with Gasteiger partial charge in [-0.05, 0) is 24.6 Å². The lowest BCUT2D eigenvalue weighted by molar-refractivity contribution is -0.129. The maximum atomic E-state index is 11.8. The third kappa shape index (κ3) is 3.81. The molecule has 17 heavy (non-hydrogen) atoms. The maximum absolute atomic E-state index is 11.8. The van der Waals surface area contributed by atoms with Gasteiger partial charge in [-0.1, -0.05) is 0 Å². The van der Waals surface area contributed by atoms with Gasteiger partial charge in [-0.25, -0.2) is 8.42 Å². The van der Waals surface area contributed by atoms with E-state index in [0.29, 0.717) is 6.54 Å². The van der Waals surface area contributed by atoms with Gasteiger partial charge in [-0.3, -0.25) is 9.78 Å². The number of pyridine rings is 1. The Kier molecular flexibility index (Phi) is 4.22. The third-order valence-corrected chi connectivity index (χ3v) is 4.02. The van der Waals surface area contributed by atoms with Crippen LogP contribution in [0.4, 0.5) is 0 Å². The quantitative estimate of drug-likeness (QED) is 0.785. The van der Waals surface area contributed by atoms with E-state index in [1.165, 1.54) is 11.8 Å². The van der Waals surface area contributed by atoms with Crippen LogP contribution in [0, 0.1) is 0 Å². The predicted molar refractivity (Wildman–Crippen MR) is 65.0 cm³/mol. The number of carbonyl (C=O) groups is 1. The van der Waals surface area contributed by atoms with Gasteiger partial charge in [0.05, 0.1) is 0 Å². The minimum Gasteiger partial charge on any atom is -0.340 e. The molecule has 5 nitrogen and oxygen atoms in total. The van der Waals surface area contributed by atoms with Crippen molar-refractivity contribution in [1.82, 2.24) is 9.88 Å². The van der Waals surface area contributed by atoms with Crippen molar-refractivity contribution in [3.8, 4) is 0 Å². The Morgan fingerprint density at radius 2 is 1.94 bits per heavy atom. The fraction of sp³-hybridized carbons (Fsp3) is 0.455. The Morgan fingerprint density at radius 3 is 2.41 bits per heavy atom. The molecule has 1 rings (SSSR count). The Bertz CT molecular complexity index is 485. The molecular weight excluding hydrogens is 240 g/mol. The Labute approximate surface area is 101 Å². The minimum atomic E-state index is -3.34. The van der Waals surface area contributed by atoms with Gasteiger partial charge in [0, 0.05) is 32.2 Å². The van der Waals surface area contributed by atoms with Gasteiger partial charge < -0.3 is 4.90 Å². The van der Waals surface area contributed by atoms with Crippen LogP contribution in [-0.4, -0.2) is 42.8 Å². The van der Waals surface area contributed by atoms with Crippen LogP contribution in [0.2, 0.25) is 0 Å². The van der Waals surface area contributed by atoms with Crippen molar-refractivity contribution in [1.29, 1.82) is 0 Å². The molecule has 0 spiro atoms. The van der Waals surface area contributed by atoms with E-state index in [2.05, 4.69) is 4.98 Å². The van der Waals surface area contributed by atoms with E-state index in [0.717, 1.165) is 11.8 Å². The molecule has 0 aliphatic heterocycles. The summed E-state index contributed by atoms with van der Waals surface area (Å²) in [6.07, 6.45) is 4.33. The Balaban J connectivity index is 2.72. The van der Waals surface area contributed by atoms with Crippen molar-refractivity contribution >= 4 is 15.7 Å². The molecule has 0 aliphatic carbocycles. The van der Waals surface area contributed by atoms with Crippen LogP contribution < -0.4 is 0 Å². The zero-order valence-corrected chi connectivity index (χ0v) is 10.9. The van der Waals surface area contributed by atoms with E-state index < -0.39 is 21.0 Å². The first-order valence-corrected chi connectivity index (χ1v) is 7.10. The van der Waals surface area contributed by atoms with Crippen LogP contribution in [0.3, 0.4) is 0 Å². The number of sulfone groups is 1. The van der Waals surface area contributed by atoms with Gasteiger partial charge in [0.15, 0.2) is 9.84 Å². The highest BCUT2D eigenvalue weighted by Crippen LogP contribution is 2.07. The van der Waals surface area contributed by atoms with Crippen molar-refractivity contribution in [2.45, 2.75) is 18.7 Å². The molecule has 0 fully saturated rings. The molecule has 1 unspecified atom stereocenters. The van der Waals surface area contributed by atoms with Crippen LogP contribution in [0.1, 0.15) is 12.5 Å². The fourth-order valence-corrected chi connectivity index (χ4v) is 1.88. The molecule has 0 N–H and O–H groups in total. The van der Waals surface area contributed by atoms with Gasteiger partial charge in [0.1, 0.15) is 5.25 Å². The van der Waals surface area contributed by atoms with E-state index in [1.54, 1.807) is 31.6 Å². The van der Waals surface area contributed by atoms with Crippen LogP contribution in [0.15, 0.2) is 24.5 Å². The van der Waals surface area contributed by atoms with E-state index in [-0.39, 0.29) is 0 Å². The summed E-state index contributed by atoms with van der Waals surface area (Å²) in [5.41, 5.74) is 0.913. The van der Waals surface area contributed by atoms with Crippen molar-refractivity contribution in [2.75, 3.05) is 13.3 Å². The highest BCUT2D eigenvalue weighted by atomic mass is 32.2. The molecule has 6 heteroatoms. The summed E-state index contributed by atoms with van der Waals surface area (Å²) in [4.78, 5) is 17.1. The molecule has 94 valence electrons. The second kappa shape index (κ2) is 5.27. The van der Waals surface area contributed by atoms with Crippen LogP contribution in [0.25, 0.3) is 0 Å². The molecule has 1 atom stereocenters. The molecule has 0 saturated heterocycles. The summed E-state index contributed by atoms with van der Waals surface area (Å²) in [6.45, 7) is 1.78. The third-order valence-electron chi connectivity index (χ3n) is 2.54. The number of nitrogens with zero attached hydrogens (tertiary/aromatic N) is 2. The first kappa shape index (κ1) is 13.6. The first-order valence-electron chi connectivity index (χ1n) is 5.15. The number of aromatic nitrogens is 1. The Morgan fingerprint density at radius 1 is 1.41 bits per heavy atom. The summed E-state index contributed by atoms with van der Waals surface area (Å²) in [5.74, 6) is -0.399. The summed E-state index contributed by atoms with van der Waals surface area (Å²) in [5, 5.41) is -1.01. The van der Waals surface area contributed by atoms with Gasteiger partial charge in [0.2, 0.25) is 5.91 Å². The van der Waals surface area contributed by atoms with Gasteiger partial charge >= 0.3 is 0 Å². The van der Waals surface area contributed by atoms with Crippen LogP contribution >= 0.6 is 0 Å². The fourth-order valence-electron chi connectivity index (χ4n) is 1.33. The predicted octanol–water partition coefficient (Wildman–Crippen LogP) is 0.473. The second-order valence-electron chi connectivity index (χ2n) is 4.02. The standard InChI is InChI=1S/C11H16N2O3S/c1-9(17(3,15)16)11(14)13(2)8-10-4-6-12-7-5-10/h4-7,9H,8H2,1-3H3. The molecule has 0 saturated carbocycles. The van der Waals surface area contributed by atoms with E-state index >= 15 is 0 Å². The maximum Gasteiger partial charge on any atom is 0.240 e. The molecule has 0 aliphatic rings. The van der Waals surface area contributed by atoms with E-state index in [1.807, 2.05) is 0 Å². The SMILES string of the molecule is CC(C(=O)N(C)Cc1ccncc1)S(C)(=O)=O. The van der Waals surface area contributed by atoms with Crippen molar-refractivity contribution in [3.63, 3.8) is 0 Å². The van der Waals surface area contributed by atoms with E-state index in [9.17, 15) is 13.2 Å². The first-order chi connectivity index (χ1) is 7.82. The minimum absolute atomic E-state index is 0.376. The van der Waals surface area contributed by atoms with Crippen molar-refractivity contribution in [3.05, 3.63) is 30.1 Å². The lowest BCUT2D eigenvalue weighted by Gasteiger charge is -2.20. The average molecular weight is 256 g/mol. The summed E-state index contributed by atoms with van der Waals surface area (Å²) in [7, 11) is -1.76. The number of hydrogen-bond acceptors (Lipinski definition) is 4. The smallest absolute Gasteiger partial charge is 0.240 e. The summed E-state index contributed by atoms with van der Waals surface area (Å²) >= 11 is 0. The summed E-state index contributed by atoms with van der Waals surface area (Å²) in [6, 6.07) is 3.57. The molecule has 0 radical (unpaired) electrons. The van der Waals surface area contributed by atoms with Gasteiger partial charge in [0.25, 0.3) is 0 Å². The lowest BCUT2D eigenvalue weighted by Crippen LogP contribution is -2.38. The number of amides is 1. The van der Waals surface area contributed by atoms with Crippen molar-refractivity contribution in [2.24, 2.45) is 0 Å².